The number of hydrogen-bond donors (Lipinski definition) is 1. The molecule has 2 aromatic rings. The number of nitrogens with zero attached hydrogens (tertiary/aromatic N) is 2. The molecule has 0 unspecified atom stereocenters. The molecule has 1 aromatic heterocycles. The normalized spacial score (nSPS) is 10.2. The van der Waals surface area contributed by atoms with Crippen LogP contribution < -0.4 is 0 Å². The number of halogens is 1. The van der Waals surface area contributed by atoms with Gasteiger partial charge in [0, 0.05) is 10.0 Å². The Morgan fingerprint density at radius 2 is 2.05 bits per heavy atom. The lowest BCUT2D eigenvalue weighted by Crippen LogP contribution is -2.09. The number of esters is 2. The second-order valence-corrected chi connectivity index (χ2v) is 4.75. The zero-order chi connectivity index (χ0) is 15.4. The molecule has 0 spiro atoms. The summed E-state index contributed by atoms with van der Waals surface area (Å²) in [6, 6.07) is 5.06. The summed E-state index contributed by atoms with van der Waals surface area (Å²) >= 11 is 3.29. The van der Waals surface area contributed by atoms with Crippen molar-refractivity contribution in [1.82, 2.24) is 15.4 Å². The van der Waals surface area contributed by atoms with Crippen LogP contribution in [0.3, 0.4) is 0 Å². The summed E-state index contributed by atoms with van der Waals surface area (Å²) in [4.78, 5) is 23.8. The first-order chi connectivity index (χ1) is 10.1. The maximum absolute atomic E-state index is 11.9. The molecule has 1 N–H and O–H groups in total. The molecule has 1 heterocycles. The molecule has 1 aromatic carbocycles. The van der Waals surface area contributed by atoms with E-state index in [1.165, 1.54) is 7.11 Å². The lowest BCUT2D eigenvalue weighted by Gasteiger charge is -2.08. The Labute approximate surface area is 128 Å². The van der Waals surface area contributed by atoms with Crippen molar-refractivity contribution >= 4 is 27.9 Å². The first-order valence-corrected chi connectivity index (χ1v) is 6.84. The SMILES string of the molecule is CCOC(=O)c1n[nH]nc1-c1cccc(Br)c1C(=O)OC. The van der Waals surface area contributed by atoms with Crippen molar-refractivity contribution in [1.29, 1.82) is 0 Å². The van der Waals surface area contributed by atoms with Crippen LogP contribution in [0.5, 0.6) is 0 Å². The Kier molecular flexibility index (Phi) is 4.69. The number of ether oxygens (including phenoxy) is 2. The highest BCUT2D eigenvalue weighted by atomic mass is 79.9. The van der Waals surface area contributed by atoms with Crippen LogP contribution in [0, 0.1) is 0 Å². The maximum atomic E-state index is 11.9. The number of aromatic amines is 1. The topological polar surface area (TPSA) is 94.2 Å². The van der Waals surface area contributed by atoms with Crippen molar-refractivity contribution in [2.75, 3.05) is 13.7 Å². The molecule has 0 aliphatic heterocycles. The van der Waals surface area contributed by atoms with Gasteiger partial charge in [-0.15, -0.1) is 5.10 Å². The van der Waals surface area contributed by atoms with E-state index in [1.807, 2.05) is 0 Å². The highest BCUT2D eigenvalue weighted by Gasteiger charge is 2.25. The molecule has 8 heteroatoms. The fourth-order valence-electron chi connectivity index (χ4n) is 1.79. The maximum Gasteiger partial charge on any atom is 0.361 e. The van der Waals surface area contributed by atoms with Gasteiger partial charge in [0.15, 0.2) is 5.69 Å². The van der Waals surface area contributed by atoms with Crippen LogP contribution in [0.15, 0.2) is 22.7 Å². The fourth-order valence-corrected chi connectivity index (χ4v) is 2.32. The summed E-state index contributed by atoms with van der Waals surface area (Å²) < 4.78 is 10.2. The van der Waals surface area contributed by atoms with Crippen LogP contribution >= 0.6 is 15.9 Å². The van der Waals surface area contributed by atoms with Crippen molar-refractivity contribution in [3.05, 3.63) is 33.9 Å². The van der Waals surface area contributed by atoms with E-state index in [-0.39, 0.29) is 23.6 Å². The fraction of sp³-hybridized carbons (Fsp3) is 0.231. The van der Waals surface area contributed by atoms with E-state index in [1.54, 1.807) is 25.1 Å². The van der Waals surface area contributed by atoms with Gasteiger partial charge in [0.05, 0.1) is 19.3 Å². The van der Waals surface area contributed by atoms with Crippen LogP contribution in [-0.4, -0.2) is 41.1 Å². The lowest BCUT2D eigenvalue weighted by molar-refractivity contribution is 0.0518. The Morgan fingerprint density at radius 1 is 1.29 bits per heavy atom. The van der Waals surface area contributed by atoms with Crippen LogP contribution in [0.1, 0.15) is 27.8 Å². The predicted octanol–water partition coefficient (Wildman–Crippen LogP) is 2.20. The molecular weight excluding hydrogens is 342 g/mol. The number of benzene rings is 1. The Hall–Kier alpha value is -2.22. The van der Waals surface area contributed by atoms with E-state index in [0.29, 0.717) is 10.0 Å². The second kappa shape index (κ2) is 6.49. The number of methoxy groups -OCH3 is 1. The highest BCUT2D eigenvalue weighted by Crippen LogP contribution is 2.30. The van der Waals surface area contributed by atoms with Gasteiger partial charge in [0.1, 0.15) is 5.69 Å². The molecular formula is C13H12BrN3O4. The molecule has 0 amide bonds. The van der Waals surface area contributed by atoms with E-state index < -0.39 is 11.9 Å². The average Bonchev–Trinajstić information content (AvgIpc) is 2.95. The minimum absolute atomic E-state index is 0.0140. The average molecular weight is 354 g/mol. The number of carbonyl (C=O) groups is 2. The molecule has 0 atom stereocenters. The van der Waals surface area contributed by atoms with Crippen molar-refractivity contribution in [2.45, 2.75) is 6.92 Å². The van der Waals surface area contributed by atoms with Crippen LogP contribution in [0.2, 0.25) is 0 Å². The first kappa shape index (κ1) is 15.2. The minimum Gasteiger partial charge on any atom is -0.465 e. The summed E-state index contributed by atoms with van der Waals surface area (Å²) in [5, 5.41) is 10.1. The van der Waals surface area contributed by atoms with Crippen molar-refractivity contribution in [2.24, 2.45) is 0 Å². The van der Waals surface area contributed by atoms with Crippen molar-refractivity contribution < 1.29 is 19.1 Å². The number of nitrogens with one attached hydrogen (secondary N) is 1. The molecule has 0 saturated heterocycles. The second-order valence-electron chi connectivity index (χ2n) is 3.90. The molecule has 2 rings (SSSR count). The van der Waals surface area contributed by atoms with Crippen molar-refractivity contribution in [3.8, 4) is 11.3 Å². The van der Waals surface area contributed by atoms with Gasteiger partial charge in [0.2, 0.25) is 0 Å². The minimum atomic E-state index is -0.614. The van der Waals surface area contributed by atoms with Crippen LogP contribution in [0.4, 0.5) is 0 Å². The van der Waals surface area contributed by atoms with E-state index in [9.17, 15) is 9.59 Å². The third-order valence-corrected chi connectivity index (χ3v) is 3.34. The van der Waals surface area contributed by atoms with Crippen LogP contribution in [-0.2, 0) is 9.47 Å². The third-order valence-electron chi connectivity index (χ3n) is 2.67. The van der Waals surface area contributed by atoms with E-state index >= 15 is 0 Å². The summed E-state index contributed by atoms with van der Waals surface area (Å²) in [5.41, 5.74) is 0.933. The van der Waals surface area contributed by atoms with Gasteiger partial charge in [-0.1, -0.05) is 12.1 Å². The Bertz CT molecular complexity index is 684. The molecule has 21 heavy (non-hydrogen) atoms. The Morgan fingerprint density at radius 3 is 2.71 bits per heavy atom. The molecule has 0 bridgehead atoms. The summed E-state index contributed by atoms with van der Waals surface area (Å²) in [5.74, 6) is -1.16. The number of carbonyl (C=O) groups excluding carboxylic acids is 2. The van der Waals surface area contributed by atoms with Crippen LogP contribution in [0.25, 0.3) is 11.3 Å². The molecule has 110 valence electrons. The first-order valence-electron chi connectivity index (χ1n) is 6.05. The smallest absolute Gasteiger partial charge is 0.361 e. The van der Waals surface area contributed by atoms with Gasteiger partial charge in [0.25, 0.3) is 0 Å². The highest BCUT2D eigenvalue weighted by molar-refractivity contribution is 9.10. The van der Waals surface area contributed by atoms with Gasteiger partial charge in [-0.2, -0.15) is 10.3 Å². The summed E-state index contributed by atoms with van der Waals surface area (Å²) in [6.07, 6.45) is 0. The molecule has 0 saturated carbocycles. The zero-order valence-corrected chi connectivity index (χ0v) is 12.9. The largest absolute Gasteiger partial charge is 0.465 e. The number of rotatable bonds is 4. The molecule has 0 radical (unpaired) electrons. The van der Waals surface area contributed by atoms with Gasteiger partial charge in [-0.3, -0.25) is 0 Å². The van der Waals surface area contributed by atoms with E-state index in [0.717, 1.165) is 0 Å². The number of aromatic nitrogens is 3. The van der Waals surface area contributed by atoms with E-state index in [4.69, 9.17) is 9.47 Å². The molecule has 0 aliphatic rings. The Balaban J connectivity index is 2.58. The quantitative estimate of drug-likeness (QED) is 0.846. The summed E-state index contributed by atoms with van der Waals surface area (Å²) in [7, 11) is 1.28. The number of H-pyrrole nitrogens is 1. The zero-order valence-electron chi connectivity index (χ0n) is 11.3. The van der Waals surface area contributed by atoms with Crippen molar-refractivity contribution in [3.63, 3.8) is 0 Å². The summed E-state index contributed by atoms with van der Waals surface area (Å²) in [6.45, 7) is 1.91. The van der Waals surface area contributed by atoms with Gasteiger partial charge >= 0.3 is 11.9 Å². The van der Waals surface area contributed by atoms with Gasteiger partial charge in [-0.05, 0) is 28.9 Å². The molecule has 0 fully saturated rings. The molecule has 7 nitrogen and oxygen atoms in total. The van der Waals surface area contributed by atoms with E-state index in [2.05, 4.69) is 31.3 Å². The third kappa shape index (κ3) is 2.94. The molecule has 0 aliphatic carbocycles. The predicted molar refractivity (Wildman–Crippen MR) is 76.8 cm³/mol. The lowest BCUT2D eigenvalue weighted by atomic mass is 10.0. The monoisotopic (exact) mass is 353 g/mol. The standard InChI is InChI=1S/C13H12BrN3O4/c1-3-21-13(19)11-10(15-17-16-11)7-5-4-6-8(14)9(7)12(18)20-2/h4-6H,3H2,1-2H3,(H,15,16,17). The van der Waals surface area contributed by atoms with Gasteiger partial charge < -0.3 is 9.47 Å². The number of hydrogen-bond acceptors (Lipinski definition) is 6. The van der Waals surface area contributed by atoms with Gasteiger partial charge in [-0.25, -0.2) is 9.59 Å².